The van der Waals surface area contributed by atoms with Crippen molar-refractivity contribution in [1.29, 1.82) is 0 Å². The molecule has 1 saturated carbocycles. The van der Waals surface area contributed by atoms with Crippen molar-refractivity contribution in [3.05, 3.63) is 24.3 Å². The number of carbonyl (C=O) groups is 3. The van der Waals surface area contributed by atoms with Crippen molar-refractivity contribution in [2.24, 2.45) is 11.8 Å². The maximum absolute atomic E-state index is 14.4. The number of esters is 1. The van der Waals surface area contributed by atoms with Gasteiger partial charge in [-0.15, -0.1) is 0 Å². The first-order valence-electron chi connectivity index (χ1n) is 14.4. The Morgan fingerprint density at radius 1 is 0.973 bits per heavy atom. The number of allylic oxidation sites excluding steroid dienone is 1. The molecule has 1 spiro atoms. The topological polar surface area (TPSA) is 96.4 Å². The fourth-order valence-electron chi connectivity index (χ4n) is 7.41. The average molecular weight is 515 g/mol. The van der Waals surface area contributed by atoms with Crippen molar-refractivity contribution < 1.29 is 29.0 Å². The molecule has 2 saturated heterocycles. The van der Waals surface area contributed by atoms with Crippen LogP contribution in [0.2, 0.25) is 0 Å². The van der Waals surface area contributed by atoms with Crippen LogP contribution < -0.4 is 0 Å². The standard InChI is InChI=1S/C29H42N2O6/c1-2-28-15-8-3-4-11-20-36-27(35)23(28)22-25(33)31(17-9-10-19-32)24-26(34)30(21-13-6-5-7-14-21)18-12-16-29(22,24)37-28/h8,12,15-16,21-24,32H,2-7,9-11,13-14,17-20H2,1H3/b15-8-/t22-,23+,24?,28-,29-/m0/s1. The smallest absolute Gasteiger partial charge is 0.313 e. The van der Waals surface area contributed by atoms with E-state index in [2.05, 4.69) is 6.08 Å². The molecule has 0 aromatic rings. The maximum atomic E-state index is 14.4. The minimum atomic E-state index is -1.23. The highest BCUT2D eigenvalue weighted by molar-refractivity contribution is 5.99. The molecule has 0 bridgehead atoms. The van der Waals surface area contributed by atoms with Gasteiger partial charge < -0.3 is 24.4 Å². The van der Waals surface area contributed by atoms with Crippen molar-refractivity contribution in [2.45, 2.75) is 101 Å². The van der Waals surface area contributed by atoms with Gasteiger partial charge in [0.15, 0.2) is 0 Å². The summed E-state index contributed by atoms with van der Waals surface area (Å²) in [6.45, 7) is 3.16. The predicted octanol–water partition coefficient (Wildman–Crippen LogP) is 3.13. The summed E-state index contributed by atoms with van der Waals surface area (Å²) in [4.78, 5) is 45.9. The molecular weight excluding hydrogens is 472 g/mol. The fourth-order valence-corrected chi connectivity index (χ4v) is 7.41. The summed E-state index contributed by atoms with van der Waals surface area (Å²) in [5.74, 6) is -2.34. The van der Waals surface area contributed by atoms with Gasteiger partial charge in [-0.25, -0.2) is 0 Å². The molecule has 2 amide bonds. The zero-order valence-corrected chi connectivity index (χ0v) is 22.1. The van der Waals surface area contributed by atoms with Gasteiger partial charge in [-0.1, -0.05) is 50.5 Å². The van der Waals surface area contributed by atoms with Crippen molar-refractivity contribution >= 4 is 17.8 Å². The second-order valence-electron chi connectivity index (χ2n) is 11.3. The summed E-state index contributed by atoms with van der Waals surface area (Å²) in [7, 11) is 0. The largest absolute Gasteiger partial charge is 0.465 e. The maximum Gasteiger partial charge on any atom is 0.313 e. The van der Waals surface area contributed by atoms with E-state index in [4.69, 9.17) is 9.47 Å². The second-order valence-corrected chi connectivity index (χ2v) is 11.3. The summed E-state index contributed by atoms with van der Waals surface area (Å²) in [5, 5.41) is 9.39. The Balaban J connectivity index is 1.60. The van der Waals surface area contributed by atoms with Gasteiger partial charge in [-0.3, -0.25) is 14.4 Å². The summed E-state index contributed by atoms with van der Waals surface area (Å²) in [6.07, 6.45) is 17.4. The molecule has 1 aliphatic carbocycles. The summed E-state index contributed by atoms with van der Waals surface area (Å²) in [5.41, 5.74) is -2.23. The fraction of sp³-hybridized carbons (Fsp3) is 0.759. The van der Waals surface area contributed by atoms with Gasteiger partial charge in [-0.2, -0.15) is 0 Å². The molecule has 5 aliphatic rings. The third-order valence-electron chi connectivity index (χ3n) is 9.24. The van der Waals surface area contributed by atoms with E-state index in [0.29, 0.717) is 39.0 Å². The number of aliphatic hydroxyl groups excluding tert-OH is 1. The number of hydrogen-bond acceptors (Lipinski definition) is 6. The SMILES string of the molecule is CC[C@]12/C=C\CCCCOC(=O)[C@H]1[C@H]1C(=O)N(CCCCO)C3C(=O)N(C4CCCCC4)CC=C[C@@]31O2. The third kappa shape index (κ3) is 4.44. The van der Waals surface area contributed by atoms with E-state index < -0.39 is 35.0 Å². The van der Waals surface area contributed by atoms with Crippen LogP contribution in [0.25, 0.3) is 0 Å². The molecule has 4 aliphatic heterocycles. The predicted molar refractivity (Wildman–Crippen MR) is 137 cm³/mol. The minimum absolute atomic E-state index is 0.0263. The molecule has 1 N–H and O–H groups in total. The molecular formula is C29H42N2O6. The van der Waals surface area contributed by atoms with E-state index >= 15 is 0 Å². The molecule has 4 heterocycles. The molecule has 0 aromatic carbocycles. The Labute approximate surface area is 220 Å². The van der Waals surface area contributed by atoms with E-state index in [1.54, 1.807) is 4.90 Å². The van der Waals surface area contributed by atoms with Crippen LogP contribution >= 0.6 is 0 Å². The van der Waals surface area contributed by atoms with Gasteiger partial charge in [0.25, 0.3) is 0 Å². The molecule has 3 fully saturated rings. The highest BCUT2D eigenvalue weighted by atomic mass is 16.6. The van der Waals surface area contributed by atoms with E-state index in [-0.39, 0.29) is 24.5 Å². The summed E-state index contributed by atoms with van der Waals surface area (Å²) in [6, 6.07) is -0.673. The molecule has 37 heavy (non-hydrogen) atoms. The molecule has 8 heteroatoms. The third-order valence-corrected chi connectivity index (χ3v) is 9.24. The number of cyclic esters (lactones) is 1. The quantitative estimate of drug-likeness (QED) is 0.332. The number of unbranched alkanes of at least 4 members (excludes halogenated alkanes) is 1. The number of aliphatic hydroxyl groups is 1. The first-order valence-corrected chi connectivity index (χ1v) is 14.4. The normalized spacial score (nSPS) is 37.6. The number of nitrogens with zero attached hydrogens (tertiary/aromatic N) is 2. The molecule has 8 nitrogen and oxygen atoms in total. The molecule has 5 rings (SSSR count). The number of amides is 2. The summed E-state index contributed by atoms with van der Waals surface area (Å²) < 4.78 is 12.7. The van der Waals surface area contributed by atoms with Gasteiger partial charge in [0.05, 0.1) is 12.5 Å². The zero-order valence-electron chi connectivity index (χ0n) is 22.1. The number of ether oxygens (including phenoxy) is 2. The average Bonchev–Trinajstić information content (AvgIpc) is 3.26. The van der Waals surface area contributed by atoms with Gasteiger partial charge >= 0.3 is 5.97 Å². The Bertz CT molecular complexity index is 943. The van der Waals surface area contributed by atoms with E-state index in [9.17, 15) is 19.5 Å². The lowest BCUT2D eigenvalue weighted by Gasteiger charge is -2.40. The van der Waals surface area contributed by atoms with Crippen LogP contribution in [0.1, 0.15) is 77.6 Å². The van der Waals surface area contributed by atoms with Crippen LogP contribution in [0.4, 0.5) is 0 Å². The van der Waals surface area contributed by atoms with Gasteiger partial charge in [-0.05, 0) is 51.4 Å². The van der Waals surface area contributed by atoms with Crippen LogP contribution in [0.3, 0.4) is 0 Å². The van der Waals surface area contributed by atoms with Crippen molar-refractivity contribution in [2.75, 3.05) is 26.3 Å². The molecule has 204 valence electrons. The van der Waals surface area contributed by atoms with E-state index in [1.165, 1.54) is 6.42 Å². The van der Waals surface area contributed by atoms with Gasteiger partial charge in [0, 0.05) is 25.7 Å². The van der Waals surface area contributed by atoms with Crippen molar-refractivity contribution in [3.63, 3.8) is 0 Å². The van der Waals surface area contributed by atoms with E-state index in [1.807, 2.05) is 30.1 Å². The second kappa shape index (κ2) is 10.9. The van der Waals surface area contributed by atoms with Crippen molar-refractivity contribution in [1.82, 2.24) is 9.80 Å². The lowest BCUT2D eigenvalue weighted by Crippen LogP contribution is -2.57. The Kier molecular flexibility index (Phi) is 7.78. The number of fused-ring (bicyclic) bond motifs is 2. The molecule has 5 atom stereocenters. The van der Waals surface area contributed by atoms with Crippen LogP contribution in [0, 0.1) is 11.8 Å². The Morgan fingerprint density at radius 2 is 1.78 bits per heavy atom. The monoisotopic (exact) mass is 514 g/mol. The lowest BCUT2D eigenvalue weighted by molar-refractivity contribution is -0.162. The van der Waals surface area contributed by atoms with Crippen LogP contribution in [-0.4, -0.2) is 82.3 Å². The van der Waals surface area contributed by atoms with Crippen LogP contribution in [0.15, 0.2) is 24.3 Å². The number of likely N-dealkylation sites (tertiary alicyclic amines) is 1. The highest BCUT2D eigenvalue weighted by Crippen LogP contribution is 2.58. The molecule has 0 aromatic heterocycles. The Hall–Kier alpha value is -2.19. The molecule has 1 unspecified atom stereocenters. The number of rotatable bonds is 6. The number of carbonyl (C=O) groups excluding carboxylic acids is 3. The zero-order chi connectivity index (χ0) is 26.0. The molecule has 0 radical (unpaired) electrons. The van der Waals surface area contributed by atoms with Crippen molar-refractivity contribution in [3.8, 4) is 0 Å². The van der Waals surface area contributed by atoms with Crippen LogP contribution in [0.5, 0.6) is 0 Å². The lowest BCUT2D eigenvalue weighted by atomic mass is 9.73. The van der Waals surface area contributed by atoms with Gasteiger partial charge in [0.1, 0.15) is 23.2 Å². The Morgan fingerprint density at radius 3 is 2.54 bits per heavy atom. The van der Waals surface area contributed by atoms with E-state index in [0.717, 1.165) is 44.9 Å². The van der Waals surface area contributed by atoms with Gasteiger partial charge in [0.2, 0.25) is 11.8 Å². The highest BCUT2D eigenvalue weighted by Gasteiger charge is 2.75. The number of hydrogen-bond donors (Lipinski definition) is 1. The first kappa shape index (κ1) is 26.4. The van der Waals surface area contributed by atoms with Crippen LogP contribution in [-0.2, 0) is 23.9 Å². The first-order chi connectivity index (χ1) is 18.0. The summed E-state index contributed by atoms with van der Waals surface area (Å²) >= 11 is 0. The minimum Gasteiger partial charge on any atom is -0.465 e.